The summed E-state index contributed by atoms with van der Waals surface area (Å²) in [4.78, 5) is 0. The second kappa shape index (κ2) is 4.80. The maximum Gasteiger partial charge on any atom is 0.106 e. The van der Waals surface area contributed by atoms with E-state index in [1.807, 2.05) is 22.9 Å². The zero-order chi connectivity index (χ0) is 12.4. The minimum absolute atomic E-state index is 0.630. The van der Waals surface area contributed by atoms with Gasteiger partial charge in [-0.1, -0.05) is 31.5 Å². The topological polar surface area (TPSA) is 43.8 Å². The Kier molecular flexibility index (Phi) is 3.38. The van der Waals surface area contributed by atoms with E-state index in [9.17, 15) is 0 Å². The van der Waals surface area contributed by atoms with E-state index in [0.29, 0.717) is 10.7 Å². The summed E-state index contributed by atoms with van der Waals surface area (Å²) < 4.78 is 1.86. The molecule has 2 N–H and O–H groups in total. The van der Waals surface area contributed by atoms with Crippen LogP contribution in [0, 0.1) is 0 Å². The largest absolute Gasteiger partial charge is 0.397 e. The minimum Gasteiger partial charge on any atom is -0.397 e. The summed E-state index contributed by atoms with van der Waals surface area (Å²) in [6, 6.07) is 7.62. The van der Waals surface area contributed by atoms with E-state index in [2.05, 4.69) is 25.0 Å². The Bertz CT molecular complexity index is 511. The molecule has 0 amide bonds. The minimum atomic E-state index is 0.630. The Morgan fingerprint density at radius 3 is 2.65 bits per heavy atom. The fraction of sp³-hybridized carbons (Fsp3) is 0.308. The normalized spacial score (nSPS) is 10.8. The number of rotatable bonds is 3. The van der Waals surface area contributed by atoms with Crippen LogP contribution in [0.25, 0.3) is 5.69 Å². The summed E-state index contributed by atoms with van der Waals surface area (Å²) in [6.07, 6.45) is 1.81. The van der Waals surface area contributed by atoms with Crippen LogP contribution in [0.5, 0.6) is 0 Å². The first-order chi connectivity index (χ1) is 8.17. The van der Waals surface area contributed by atoms with Crippen molar-refractivity contribution in [1.82, 2.24) is 9.78 Å². The Morgan fingerprint density at radius 2 is 2.06 bits per heavy atom. The van der Waals surface area contributed by atoms with Crippen LogP contribution in [-0.2, 0) is 12.8 Å². The molecule has 1 aromatic carbocycles. The molecule has 2 rings (SSSR count). The van der Waals surface area contributed by atoms with Gasteiger partial charge in [0.2, 0.25) is 0 Å². The average Bonchev–Trinajstić information content (AvgIpc) is 2.72. The van der Waals surface area contributed by atoms with Crippen molar-refractivity contribution in [2.75, 3.05) is 5.73 Å². The van der Waals surface area contributed by atoms with Gasteiger partial charge in [-0.15, -0.1) is 0 Å². The van der Waals surface area contributed by atoms with Gasteiger partial charge in [-0.25, -0.2) is 4.68 Å². The summed E-state index contributed by atoms with van der Waals surface area (Å²) >= 11 is 6.20. The molecule has 4 heteroatoms. The highest BCUT2D eigenvalue weighted by molar-refractivity contribution is 6.32. The molecule has 0 unspecified atom stereocenters. The third-order valence-corrected chi connectivity index (χ3v) is 3.09. The van der Waals surface area contributed by atoms with Gasteiger partial charge < -0.3 is 5.73 Å². The third-order valence-electron chi connectivity index (χ3n) is 2.79. The number of para-hydroxylation sites is 1. The van der Waals surface area contributed by atoms with Gasteiger partial charge in [0, 0.05) is 5.69 Å². The van der Waals surface area contributed by atoms with Gasteiger partial charge in [0.25, 0.3) is 0 Å². The van der Waals surface area contributed by atoms with Crippen LogP contribution >= 0.6 is 11.6 Å². The standard InChI is InChI=1S/C13H16ClN3/c1-3-9-8-10(4-2)17(16-9)13-11(14)6-5-7-12(13)15/h5-8H,3-4,15H2,1-2H3. The van der Waals surface area contributed by atoms with Crippen LogP contribution in [0.15, 0.2) is 24.3 Å². The highest BCUT2D eigenvalue weighted by Gasteiger charge is 2.12. The van der Waals surface area contributed by atoms with Crippen molar-refractivity contribution in [2.45, 2.75) is 26.7 Å². The van der Waals surface area contributed by atoms with Crippen molar-refractivity contribution in [3.05, 3.63) is 40.7 Å². The molecule has 0 aliphatic rings. The zero-order valence-corrected chi connectivity index (χ0v) is 10.8. The van der Waals surface area contributed by atoms with Gasteiger partial charge >= 0.3 is 0 Å². The predicted molar refractivity (Wildman–Crippen MR) is 71.7 cm³/mol. The van der Waals surface area contributed by atoms with Gasteiger partial charge in [-0.05, 0) is 31.0 Å². The van der Waals surface area contributed by atoms with E-state index in [0.717, 1.165) is 29.9 Å². The predicted octanol–water partition coefficient (Wildman–Crippen LogP) is 3.23. The summed E-state index contributed by atoms with van der Waals surface area (Å²) in [5.41, 5.74) is 9.60. The number of aryl methyl sites for hydroxylation is 2. The van der Waals surface area contributed by atoms with Crippen molar-refractivity contribution in [2.24, 2.45) is 0 Å². The number of nitrogens with zero attached hydrogens (tertiary/aromatic N) is 2. The fourth-order valence-corrected chi connectivity index (χ4v) is 2.11. The number of halogens is 1. The zero-order valence-electron chi connectivity index (χ0n) is 10.1. The van der Waals surface area contributed by atoms with Gasteiger partial charge in [0.1, 0.15) is 5.69 Å². The van der Waals surface area contributed by atoms with Crippen LogP contribution in [0.4, 0.5) is 5.69 Å². The number of hydrogen-bond donors (Lipinski definition) is 1. The third kappa shape index (κ3) is 2.15. The van der Waals surface area contributed by atoms with E-state index in [1.54, 1.807) is 0 Å². The monoisotopic (exact) mass is 249 g/mol. The molecule has 2 aromatic rings. The first-order valence-electron chi connectivity index (χ1n) is 5.79. The van der Waals surface area contributed by atoms with E-state index in [4.69, 9.17) is 17.3 Å². The smallest absolute Gasteiger partial charge is 0.106 e. The fourth-order valence-electron chi connectivity index (χ4n) is 1.85. The number of aromatic nitrogens is 2. The summed E-state index contributed by atoms with van der Waals surface area (Å²) in [5, 5.41) is 5.17. The van der Waals surface area contributed by atoms with Crippen molar-refractivity contribution in [3.63, 3.8) is 0 Å². The molecule has 0 bridgehead atoms. The molecule has 0 radical (unpaired) electrons. The molecule has 17 heavy (non-hydrogen) atoms. The van der Waals surface area contributed by atoms with Crippen molar-refractivity contribution in [3.8, 4) is 5.69 Å². The van der Waals surface area contributed by atoms with Crippen LogP contribution in [-0.4, -0.2) is 9.78 Å². The summed E-state index contributed by atoms with van der Waals surface area (Å²) in [7, 11) is 0. The first-order valence-corrected chi connectivity index (χ1v) is 6.17. The van der Waals surface area contributed by atoms with Crippen molar-refractivity contribution < 1.29 is 0 Å². The average molecular weight is 250 g/mol. The molecular formula is C13H16ClN3. The molecule has 0 spiro atoms. The van der Waals surface area contributed by atoms with Crippen molar-refractivity contribution >= 4 is 17.3 Å². The number of nitrogens with two attached hydrogens (primary N) is 1. The lowest BCUT2D eigenvalue weighted by Crippen LogP contribution is -2.05. The number of hydrogen-bond acceptors (Lipinski definition) is 2. The Balaban J connectivity index is 2.63. The lowest BCUT2D eigenvalue weighted by Gasteiger charge is -2.10. The molecule has 0 aliphatic heterocycles. The highest BCUT2D eigenvalue weighted by Crippen LogP contribution is 2.27. The van der Waals surface area contributed by atoms with Gasteiger partial charge in [-0.3, -0.25) is 0 Å². The SMILES string of the molecule is CCc1cc(CC)n(-c2c(N)cccc2Cl)n1. The quantitative estimate of drug-likeness (QED) is 0.849. The molecule has 0 saturated carbocycles. The first kappa shape index (κ1) is 12.0. The molecule has 90 valence electrons. The Morgan fingerprint density at radius 1 is 1.29 bits per heavy atom. The van der Waals surface area contributed by atoms with Gasteiger partial charge in [-0.2, -0.15) is 5.10 Å². The summed E-state index contributed by atoms with van der Waals surface area (Å²) in [6.45, 7) is 4.18. The lowest BCUT2D eigenvalue weighted by atomic mass is 10.2. The second-order valence-electron chi connectivity index (χ2n) is 3.92. The number of anilines is 1. The highest BCUT2D eigenvalue weighted by atomic mass is 35.5. The molecular weight excluding hydrogens is 234 g/mol. The lowest BCUT2D eigenvalue weighted by molar-refractivity contribution is 0.796. The van der Waals surface area contributed by atoms with E-state index in [1.165, 1.54) is 0 Å². The van der Waals surface area contributed by atoms with E-state index < -0.39 is 0 Å². The maximum absolute atomic E-state index is 6.20. The number of benzene rings is 1. The molecule has 0 atom stereocenters. The molecule has 1 aromatic heterocycles. The van der Waals surface area contributed by atoms with E-state index in [-0.39, 0.29) is 0 Å². The summed E-state index contributed by atoms with van der Waals surface area (Å²) in [5.74, 6) is 0. The molecule has 0 fully saturated rings. The Labute approximate surface area is 106 Å². The van der Waals surface area contributed by atoms with Gasteiger partial charge in [0.15, 0.2) is 0 Å². The van der Waals surface area contributed by atoms with Crippen molar-refractivity contribution in [1.29, 1.82) is 0 Å². The molecule has 3 nitrogen and oxygen atoms in total. The second-order valence-corrected chi connectivity index (χ2v) is 4.33. The Hall–Kier alpha value is -1.48. The maximum atomic E-state index is 6.20. The van der Waals surface area contributed by atoms with E-state index >= 15 is 0 Å². The van der Waals surface area contributed by atoms with Crippen LogP contribution in [0.3, 0.4) is 0 Å². The molecule has 0 saturated heterocycles. The molecule has 0 aliphatic carbocycles. The van der Waals surface area contributed by atoms with Crippen LogP contribution in [0.1, 0.15) is 25.2 Å². The number of nitrogen functional groups attached to an aromatic ring is 1. The van der Waals surface area contributed by atoms with Gasteiger partial charge in [0.05, 0.1) is 16.4 Å². The molecule has 1 heterocycles. The van der Waals surface area contributed by atoms with Crippen LogP contribution in [0.2, 0.25) is 5.02 Å². The van der Waals surface area contributed by atoms with Crippen LogP contribution < -0.4 is 5.73 Å².